The Balaban J connectivity index is 2.23. The van der Waals surface area contributed by atoms with Crippen molar-refractivity contribution in [3.8, 4) is 0 Å². The molecule has 3 heteroatoms. The molecule has 1 heterocycles. The lowest BCUT2D eigenvalue weighted by molar-refractivity contribution is 0.432. The van der Waals surface area contributed by atoms with Crippen molar-refractivity contribution >= 4 is 21.6 Å². The number of halogens is 1. The minimum atomic E-state index is 0.565. The molecule has 15 heavy (non-hydrogen) atoms. The van der Waals surface area contributed by atoms with Gasteiger partial charge in [0.25, 0.3) is 0 Å². The molecule has 2 unspecified atom stereocenters. The second-order valence-electron chi connectivity index (χ2n) is 4.24. The molecule has 1 aliphatic heterocycles. The molecule has 0 spiro atoms. The van der Waals surface area contributed by atoms with Gasteiger partial charge in [-0.15, -0.1) is 0 Å². The van der Waals surface area contributed by atoms with E-state index in [4.69, 9.17) is 0 Å². The lowest BCUT2D eigenvalue weighted by Gasteiger charge is -2.41. The van der Waals surface area contributed by atoms with E-state index in [1.165, 1.54) is 5.69 Å². The number of rotatable bonds is 1. The fourth-order valence-electron chi connectivity index (χ4n) is 2.25. The summed E-state index contributed by atoms with van der Waals surface area (Å²) in [5.74, 6) is 0. The average molecular weight is 269 g/mol. The fraction of sp³-hybridized carbons (Fsp3) is 0.500. The summed E-state index contributed by atoms with van der Waals surface area (Å²) in [5, 5.41) is 3.44. The Bertz CT molecular complexity index is 313. The van der Waals surface area contributed by atoms with E-state index >= 15 is 0 Å². The van der Waals surface area contributed by atoms with E-state index in [1.54, 1.807) is 0 Å². The molecule has 0 aliphatic carbocycles. The maximum absolute atomic E-state index is 3.47. The number of benzene rings is 1. The van der Waals surface area contributed by atoms with E-state index in [0.717, 1.165) is 17.6 Å². The molecule has 0 bridgehead atoms. The Hall–Kier alpha value is -0.540. The van der Waals surface area contributed by atoms with E-state index in [-0.39, 0.29) is 0 Å². The maximum atomic E-state index is 3.47. The molecule has 0 saturated carbocycles. The second-order valence-corrected chi connectivity index (χ2v) is 5.16. The lowest BCUT2D eigenvalue weighted by atomic mass is 10.1. The van der Waals surface area contributed by atoms with Crippen molar-refractivity contribution in [2.45, 2.75) is 25.9 Å². The smallest absolute Gasteiger partial charge is 0.0389 e. The van der Waals surface area contributed by atoms with Gasteiger partial charge in [-0.2, -0.15) is 0 Å². The van der Waals surface area contributed by atoms with E-state index < -0.39 is 0 Å². The van der Waals surface area contributed by atoms with Gasteiger partial charge in [-0.05, 0) is 38.1 Å². The maximum Gasteiger partial charge on any atom is 0.0389 e. The molecule has 82 valence electrons. The van der Waals surface area contributed by atoms with Gasteiger partial charge in [0.15, 0.2) is 0 Å². The minimum Gasteiger partial charge on any atom is -0.364 e. The van der Waals surface area contributed by atoms with Crippen LogP contribution in [0, 0.1) is 0 Å². The van der Waals surface area contributed by atoms with Gasteiger partial charge in [0, 0.05) is 35.3 Å². The molecule has 1 aliphatic rings. The first-order valence-electron chi connectivity index (χ1n) is 5.43. The highest BCUT2D eigenvalue weighted by molar-refractivity contribution is 9.10. The summed E-state index contributed by atoms with van der Waals surface area (Å²) in [7, 11) is 0. The molecule has 1 aromatic carbocycles. The second kappa shape index (κ2) is 4.54. The van der Waals surface area contributed by atoms with Gasteiger partial charge in [0.1, 0.15) is 0 Å². The summed E-state index contributed by atoms with van der Waals surface area (Å²) in [6.45, 7) is 6.68. The van der Waals surface area contributed by atoms with Crippen molar-refractivity contribution in [2.75, 3.05) is 18.0 Å². The summed E-state index contributed by atoms with van der Waals surface area (Å²) < 4.78 is 1.14. The van der Waals surface area contributed by atoms with Gasteiger partial charge < -0.3 is 10.2 Å². The van der Waals surface area contributed by atoms with Crippen molar-refractivity contribution < 1.29 is 0 Å². The molecular formula is C12H17BrN2. The first-order valence-corrected chi connectivity index (χ1v) is 6.22. The van der Waals surface area contributed by atoms with E-state index in [2.05, 4.69) is 64.3 Å². The number of nitrogens with zero attached hydrogens (tertiary/aromatic N) is 1. The Morgan fingerprint density at radius 1 is 1.13 bits per heavy atom. The molecule has 2 nitrogen and oxygen atoms in total. The minimum absolute atomic E-state index is 0.565. The summed E-state index contributed by atoms with van der Waals surface area (Å²) in [6, 6.07) is 9.71. The molecule has 1 N–H and O–H groups in total. The van der Waals surface area contributed by atoms with Crippen LogP contribution in [0.3, 0.4) is 0 Å². The molecule has 0 amide bonds. The molecular weight excluding hydrogens is 252 g/mol. The number of nitrogens with one attached hydrogen (secondary N) is 1. The molecule has 0 radical (unpaired) electrons. The van der Waals surface area contributed by atoms with Crippen LogP contribution in [0.5, 0.6) is 0 Å². The fourth-order valence-corrected chi connectivity index (χ4v) is 2.52. The third kappa shape index (κ3) is 2.34. The number of piperazine rings is 1. The van der Waals surface area contributed by atoms with Crippen LogP contribution in [-0.4, -0.2) is 25.2 Å². The van der Waals surface area contributed by atoms with Crippen LogP contribution in [0.1, 0.15) is 13.8 Å². The van der Waals surface area contributed by atoms with Gasteiger partial charge >= 0.3 is 0 Å². The number of hydrogen-bond acceptors (Lipinski definition) is 2. The van der Waals surface area contributed by atoms with Gasteiger partial charge in [-0.1, -0.05) is 15.9 Å². The summed E-state index contributed by atoms with van der Waals surface area (Å²) in [5.41, 5.74) is 1.32. The van der Waals surface area contributed by atoms with Crippen LogP contribution in [-0.2, 0) is 0 Å². The third-order valence-corrected chi connectivity index (χ3v) is 3.48. The molecule has 2 atom stereocenters. The van der Waals surface area contributed by atoms with Crippen LogP contribution >= 0.6 is 15.9 Å². The van der Waals surface area contributed by atoms with E-state index in [0.29, 0.717) is 12.1 Å². The molecule has 0 aromatic heterocycles. The first-order chi connectivity index (χ1) is 7.18. The van der Waals surface area contributed by atoms with Gasteiger partial charge in [-0.25, -0.2) is 0 Å². The van der Waals surface area contributed by atoms with Crippen molar-refractivity contribution in [1.82, 2.24) is 5.32 Å². The SMILES string of the molecule is CC1CNCC(C)N1c1ccc(Br)cc1. The topological polar surface area (TPSA) is 15.3 Å². The van der Waals surface area contributed by atoms with Crippen LogP contribution in [0.4, 0.5) is 5.69 Å². The summed E-state index contributed by atoms with van der Waals surface area (Å²) >= 11 is 3.47. The van der Waals surface area contributed by atoms with Crippen molar-refractivity contribution in [1.29, 1.82) is 0 Å². The van der Waals surface area contributed by atoms with Gasteiger partial charge in [0.2, 0.25) is 0 Å². The predicted molar refractivity (Wildman–Crippen MR) is 68.4 cm³/mol. The molecule has 1 saturated heterocycles. The molecule has 2 rings (SSSR count). The van der Waals surface area contributed by atoms with Gasteiger partial charge in [-0.3, -0.25) is 0 Å². The van der Waals surface area contributed by atoms with Gasteiger partial charge in [0.05, 0.1) is 0 Å². The highest BCUT2D eigenvalue weighted by atomic mass is 79.9. The van der Waals surface area contributed by atoms with Crippen LogP contribution in [0.15, 0.2) is 28.7 Å². The zero-order chi connectivity index (χ0) is 10.8. The Kier molecular flexibility index (Phi) is 3.32. The zero-order valence-electron chi connectivity index (χ0n) is 9.20. The molecule has 1 fully saturated rings. The number of anilines is 1. The summed E-state index contributed by atoms with van der Waals surface area (Å²) in [4.78, 5) is 2.49. The van der Waals surface area contributed by atoms with Crippen LogP contribution < -0.4 is 10.2 Å². The standard InChI is InChI=1S/C12H17BrN2/c1-9-7-14-8-10(2)15(9)12-5-3-11(13)4-6-12/h3-6,9-10,14H,7-8H2,1-2H3. The zero-order valence-corrected chi connectivity index (χ0v) is 10.8. The monoisotopic (exact) mass is 268 g/mol. The van der Waals surface area contributed by atoms with Crippen molar-refractivity contribution in [3.05, 3.63) is 28.7 Å². The normalized spacial score (nSPS) is 26.7. The Morgan fingerprint density at radius 3 is 2.20 bits per heavy atom. The highest BCUT2D eigenvalue weighted by Crippen LogP contribution is 2.23. The Labute approximate surface area is 99.8 Å². The van der Waals surface area contributed by atoms with Crippen molar-refractivity contribution in [2.24, 2.45) is 0 Å². The number of hydrogen-bond donors (Lipinski definition) is 1. The van der Waals surface area contributed by atoms with Crippen molar-refractivity contribution in [3.63, 3.8) is 0 Å². The Morgan fingerprint density at radius 2 is 1.67 bits per heavy atom. The lowest BCUT2D eigenvalue weighted by Crippen LogP contribution is -2.55. The third-order valence-electron chi connectivity index (χ3n) is 2.95. The first kappa shape index (κ1) is 11.0. The molecule has 1 aromatic rings. The van der Waals surface area contributed by atoms with Crippen LogP contribution in [0.25, 0.3) is 0 Å². The van der Waals surface area contributed by atoms with Crippen LogP contribution in [0.2, 0.25) is 0 Å². The van der Waals surface area contributed by atoms with E-state index in [1.807, 2.05) is 0 Å². The predicted octanol–water partition coefficient (Wildman–Crippen LogP) is 2.64. The highest BCUT2D eigenvalue weighted by Gasteiger charge is 2.24. The largest absolute Gasteiger partial charge is 0.364 e. The summed E-state index contributed by atoms with van der Waals surface area (Å²) in [6.07, 6.45) is 0. The average Bonchev–Trinajstić information content (AvgIpc) is 2.20. The van der Waals surface area contributed by atoms with E-state index in [9.17, 15) is 0 Å². The quantitative estimate of drug-likeness (QED) is 0.843.